The van der Waals surface area contributed by atoms with E-state index >= 15 is 0 Å². The number of hydrogen-bond donors (Lipinski definition) is 1. The maximum absolute atomic E-state index is 12.9. The summed E-state index contributed by atoms with van der Waals surface area (Å²) in [6.45, 7) is 8.08. The molecule has 3 heterocycles. The molecule has 2 fully saturated rings. The molecule has 0 aliphatic carbocycles. The quantitative estimate of drug-likeness (QED) is 0.751. The standard InChI is InChI=1S/C20H31N3O5S/c1-14(2)12-21-19(24)16-7-6-8-22(13-16)20(25)17-11-18(15(3)28-17)29(26,27)23-9-4-5-10-23/h11,14,16H,4-10,12-13H2,1-3H3,(H,21,24)/t16-/m1/s1. The zero-order chi connectivity index (χ0) is 21.2. The van der Waals surface area contributed by atoms with Crippen LogP contribution >= 0.6 is 0 Å². The molecule has 2 amide bonds. The lowest BCUT2D eigenvalue weighted by Gasteiger charge is -2.31. The Morgan fingerprint density at radius 1 is 1.21 bits per heavy atom. The highest BCUT2D eigenvalue weighted by molar-refractivity contribution is 7.89. The first-order valence-electron chi connectivity index (χ1n) is 10.4. The van der Waals surface area contributed by atoms with Gasteiger partial charge in [0.25, 0.3) is 5.91 Å². The molecule has 9 heteroatoms. The van der Waals surface area contributed by atoms with E-state index in [4.69, 9.17) is 4.42 Å². The van der Waals surface area contributed by atoms with E-state index in [9.17, 15) is 18.0 Å². The first-order chi connectivity index (χ1) is 13.7. The van der Waals surface area contributed by atoms with Gasteiger partial charge in [0.05, 0.1) is 5.92 Å². The maximum atomic E-state index is 12.9. The normalized spacial score (nSPS) is 21.0. The van der Waals surface area contributed by atoms with Crippen molar-refractivity contribution in [3.8, 4) is 0 Å². The first kappa shape index (κ1) is 21.8. The monoisotopic (exact) mass is 425 g/mol. The van der Waals surface area contributed by atoms with Crippen LogP contribution in [-0.4, -0.2) is 62.2 Å². The fraction of sp³-hybridized carbons (Fsp3) is 0.700. The largest absolute Gasteiger partial charge is 0.455 e. The van der Waals surface area contributed by atoms with Crippen molar-refractivity contribution in [2.45, 2.75) is 51.3 Å². The molecule has 162 valence electrons. The lowest BCUT2D eigenvalue weighted by atomic mass is 9.96. The van der Waals surface area contributed by atoms with Crippen LogP contribution < -0.4 is 5.32 Å². The van der Waals surface area contributed by atoms with E-state index in [-0.39, 0.29) is 34.1 Å². The molecule has 1 atom stereocenters. The van der Waals surface area contributed by atoms with E-state index in [1.165, 1.54) is 10.4 Å². The number of nitrogens with one attached hydrogen (secondary N) is 1. The van der Waals surface area contributed by atoms with E-state index in [2.05, 4.69) is 5.32 Å². The Labute approximate surface area is 172 Å². The third-order valence-corrected chi connectivity index (χ3v) is 7.54. The average molecular weight is 426 g/mol. The summed E-state index contributed by atoms with van der Waals surface area (Å²) in [7, 11) is -3.65. The van der Waals surface area contributed by atoms with E-state index in [0.717, 1.165) is 25.7 Å². The molecule has 0 aromatic carbocycles. The van der Waals surface area contributed by atoms with Crippen LogP contribution in [0.4, 0.5) is 0 Å². The topological polar surface area (TPSA) is 99.9 Å². The smallest absolute Gasteiger partial charge is 0.289 e. The Morgan fingerprint density at radius 3 is 2.55 bits per heavy atom. The van der Waals surface area contributed by atoms with Crippen molar-refractivity contribution in [3.05, 3.63) is 17.6 Å². The van der Waals surface area contributed by atoms with Crippen molar-refractivity contribution in [1.29, 1.82) is 0 Å². The molecular formula is C20H31N3O5S. The van der Waals surface area contributed by atoms with Crippen LogP contribution in [0.15, 0.2) is 15.4 Å². The zero-order valence-corrected chi connectivity index (χ0v) is 18.3. The molecule has 1 N–H and O–H groups in total. The molecule has 29 heavy (non-hydrogen) atoms. The van der Waals surface area contributed by atoms with Gasteiger partial charge in [-0.1, -0.05) is 13.8 Å². The highest BCUT2D eigenvalue weighted by atomic mass is 32.2. The SMILES string of the molecule is Cc1oc(C(=O)N2CCC[C@@H](C(=O)NCC(C)C)C2)cc1S(=O)(=O)N1CCCC1. The molecule has 2 aliphatic heterocycles. The van der Waals surface area contributed by atoms with Crippen molar-refractivity contribution < 1.29 is 22.4 Å². The van der Waals surface area contributed by atoms with Gasteiger partial charge in [-0.25, -0.2) is 8.42 Å². The molecular weight excluding hydrogens is 394 g/mol. The number of nitrogens with zero attached hydrogens (tertiary/aromatic N) is 2. The Bertz CT molecular complexity index is 855. The summed E-state index contributed by atoms with van der Waals surface area (Å²) in [5.74, 6) is -0.0499. The minimum atomic E-state index is -3.65. The molecule has 2 aliphatic rings. The van der Waals surface area contributed by atoms with Crippen LogP contribution in [0, 0.1) is 18.8 Å². The third-order valence-electron chi connectivity index (χ3n) is 5.53. The van der Waals surface area contributed by atoms with Crippen molar-refractivity contribution in [2.24, 2.45) is 11.8 Å². The molecule has 0 bridgehead atoms. The number of carbonyl (C=O) groups is 2. The lowest BCUT2D eigenvalue weighted by Crippen LogP contribution is -2.45. The number of hydrogen-bond acceptors (Lipinski definition) is 5. The number of aryl methyl sites for hydroxylation is 1. The van der Waals surface area contributed by atoms with E-state index in [1.54, 1.807) is 11.8 Å². The number of sulfonamides is 1. The first-order valence-corrected chi connectivity index (χ1v) is 11.8. The molecule has 0 saturated carbocycles. The van der Waals surface area contributed by atoms with Crippen molar-refractivity contribution >= 4 is 21.8 Å². The third kappa shape index (κ3) is 4.83. The fourth-order valence-electron chi connectivity index (χ4n) is 3.87. The van der Waals surface area contributed by atoms with Gasteiger partial charge < -0.3 is 14.6 Å². The van der Waals surface area contributed by atoms with Crippen LogP contribution in [0.3, 0.4) is 0 Å². The minimum absolute atomic E-state index is 0.0171. The number of carbonyl (C=O) groups excluding carboxylic acids is 2. The van der Waals surface area contributed by atoms with E-state index in [1.807, 2.05) is 13.8 Å². The van der Waals surface area contributed by atoms with Gasteiger partial charge in [-0.15, -0.1) is 0 Å². The van der Waals surface area contributed by atoms with Gasteiger partial charge in [-0.2, -0.15) is 4.31 Å². The summed E-state index contributed by atoms with van der Waals surface area (Å²) in [4.78, 5) is 27.0. The van der Waals surface area contributed by atoms with Crippen molar-refractivity contribution in [2.75, 3.05) is 32.7 Å². The number of likely N-dealkylation sites (tertiary alicyclic amines) is 1. The highest BCUT2D eigenvalue weighted by Crippen LogP contribution is 2.28. The zero-order valence-electron chi connectivity index (χ0n) is 17.4. The summed E-state index contributed by atoms with van der Waals surface area (Å²) in [6.07, 6.45) is 3.15. The van der Waals surface area contributed by atoms with Gasteiger partial charge in [0.2, 0.25) is 15.9 Å². The summed E-state index contributed by atoms with van der Waals surface area (Å²) < 4.78 is 32.6. The van der Waals surface area contributed by atoms with Crippen molar-refractivity contribution in [1.82, 2.24) is 14.5 Å². The molecule has 8 nitrogen and oxygen atoms in total. The van der Waals surface area contributed by atoms with Gasteiger partial charge in [-0.3, -0.25) is 9.59 Å². The number of piperidine rings is 1. The molecule has 2 saturated heterocycles. The Hall–Kier alpha value is -1.87. The molecule has 1 aromatic rings. The lowest BCUT2D eigenvalue weighted by molar-refractivity contribution is -0.126. The van der Waals surface area contributed by atoms with Gasteiger partial charge >= 0.3 is 0 Å². The van der Waals surface area contributed by atoms with Gasteiger partial charge in [0.15, 0.2) is 5.76 Å². The van der Waals surface area contributed by atoms with Crippen LogP contribution in [0.25, 0.3) is 0 Å². The predicted molar refractivity (Wildman–Crippen MR) is 108 cm³/mol. The average Bonchev–Trinajstić information content (AvgIpc) is 3.36. The molecule has 0 spiro atoms. The number of furan rings is 1. The van der Waals surface area contributed by atoms with Crippen LogP contribution in [0.5, 0.6) is 0 Å². The van der Waals surface area contributed by atoms with Gasteiger partial charge in [-0.05, 0) is 38.5 Å². The molecule has 0 radical (unpaired) electrons. The van der Waals surface area contributed by atoms with Crippen molar-refractivity contribution in [3.63, 3.8) is 0 Å². The second kappa shape index (κ2) is 8.87. The summed E-state index contributed by atoms with van der Waals surface area (Å²) in [5, 5.41) is 2.93. The molecule has 1 aromatic heterocycles. The number of amides is 2. The Morgan fingerprint density at radius 2 is 1.90 bits per heavy atom. The minimum Gasteiger partial charge on any atom is -0.455 e. The fourth-order valence-corrected chi connectivity index (χ4v) is 5.55. The highest BCUT2D eigenvalue weighted by Gasteiger charge is 2.34. The molecule has 0 unspecified atom stereocenters. The van der Waals surface area contributed by atoms with Crippen LogP contribution in [0.2, 0.25) is 0 Å². The van der Waals surface area contributed by atoms with Gasteiger partial charge in [0.1, 0.15) is 10.7 Å². The Balaban J connectivity index is 1.71. The second-order valence-corrected chi connectivity index (χ2v) is 10.3. The summed E-state index contributed by atoms with van der Waals surface area (Å²) >= 11 is 0. The Kier molecular flexibility index (Phi) is 6.68. The summed E-state index contributed by atoms with van der Waals surface area (Å²) in [5.41, 5.74) is 0. The van der Waals surface area contributed by atoms with Gasteiger partial charge in [0, 0.05) is 38.8 Å². The maximum Gasteiger partial charge on any atom is 0.289 e. The van der Waals surface area contributed by atoms with Crippen LogP contribution in [-0.2, 0) is 14.8 Å². The second-order valence-electron chi connectivity index (χ2n) is 8.37. The predicted octanol–water partition coefficient (Wildman–Crippen LogP) is 2.00. The summed E-state index contributed by atoms with van der Waals surface area (Å²) in [6, 6.07) is 1.34. The van der Waals surface area contributed by atoms with E-state index < -0.39 is 10.0 Å². The van der Waals surface area contributed by atoms with Crippen LogP contribution in [0.1, 0.15) is 55.8 Å². The number of rotatable bonds is 6. The molecule has 3 rings (SSSR count). The van der Waals surface area contributed by atoms with E-state index in [0.29, 0.717) is 38.6 Å².